The van der Waals surface area contributed by atoms with Crippen LogP contribution < -0.4 is 9.81 Å². The van der Waals surface area contributed by atoms with Gasteiger partial charge in [0.1, 0.15) is 16.9 Å². The maximum Gasteiger partial charge on any atom is 0.534 e. The van der Waals surface area contributed by atoms with Crippen LogP contribution in [0, 0.1) is 13.8 Å². The lowest BCUT2D eigenvalue weighted by Crippen LogP contribution is -2.41. The summed E-state index contributed by atoms with van der Waals surface area (Å²) in [5.41, 5.74) is -6.05. The minimum atomic E-state index is -5.90. The fraction of sp³-hybridized carbons (Fsp3) is 0.500. The van der Waals surface area contributed by atoms with Crippen LogP contribution in [0.5, 0.6) is 5.75 Å². The maximum absolute atomic E-state index is 12.7. The van der Waals surface area contributed by atoms with Crippen LogP contribution in [0.15, 0.2) is 15.3 Å². The summed E-state index contributed by atoms with van der Waals surface area (Å²) in [6.07, 6.45) is -0.311. The van der Waals surface area contributed by atoms with Crippen LogP contribution in [-0.4, -0.2) is 37.1 Å². The maximum atomic E-state index is 12.7. The second-order valence-electron chi connectivity index (χ2n) is 8.50. The molecule has 1 aliphatic heterocycles. The molecule has 12 heteroatoms. The highest BCUT2D eigenvalue weighted by molar-refractivity contribution is 7.88. The van der Waals surface area contributed by atoms with Crippen LogP contribution in [0.25, 0.3) is 11.0 Å². The van der Waals surface area contributed by atoms with Gasteiger partial charge in [0.2, 0.25) is 0 Å². The molecule has 2 heterocycles. The normalized spacial score (nSPS) is 14.9. The van der Waals surface area contributed by atoms with E-state index in [1.54, 1.807) is 20.8 Å². The summed E-state index contributed by atoms with van der Waals surface area (Å²) in [6.45, 7) is 8.19. The van der Waals surface area contributed by atoms with Gasteiger partial charge in [0.05, 0.1) is 12.1 Å². The van der Waals surface area contributed by atoms with Gasteiger partial charge >= 0.3 is 27.3 Å². The molecule has 0 N–H and O–H groups in total. The van der Waals surface area contributed by atoms with E-state index in [-0.39, 0.29) is 36.2 Å². The quantitative estimate of drug-likeness (QED) is 0.367. The number of carbonyl (C=O) groups is 1. The number of rotatable bonds is 2. The van der Waals surface area contributed by atoms with Gasteiger partial charge < -0.3 is 18.2 Å². The zero-order valence-corrected chi connectivity index (χ0v) is 18.9. The standard InChI is InChI=1S/C20H22F3NO7S/c1-10-8-14(31-32(27,28)20(21,22)23)11(2)16-15(10)12-6-7-24(9-13(12)17(25)29-16)18(26)30-19(3,4)5/h8H,6-7,9H2,1-5H3. The van der Waals surface area contributed by atoms with Crippen molar-refractivity contribution >= 4 is 27.2 Å². The molecule has 3 rings (SSSR count). The van der Waals surface area contributed by atoms with E-state index in [2.05, 4.69) is 4.18 Å². The molecule has 8 nitrogen and oxygen atoms in total. The number of fused-ring (bicyclic) bond motifs is 3. The zero-order valence-electron chi connectivity index (χ0n) is 18.0. The van der Waals surface area contributed by atoms with E-state index in [1.165, 1.54) is 18.7 Å². The molecule has 32 heavy (non-hydrogen) atoms. The van der Waals surface area contributed by atoms with E-state index in [0.29, 0.717) is 16.5 Å². The number of ether oxygens (including phenoxy) is 1. The van der Waals surface area contributed by atoms with Crippen LogP contribution in [-0.2, 0) is 27.8 Å². The summed E-state index contributed by atoms with van der Waals surface area (Å²) in [5.74, 6) is -0.582. The molecule has 1 amide bonds. The van der Waals surface area contributed by atoms with Crippen molar-refractivity contribution in [2.24, 2.45) is 0 Å². The van der Waals surface area contributed by atoms with Crippen LogP contribution in [0.2, 0.25) is 0 Å². The number of amides is 1. The summed E-state index contributed by atoms with van der Waals surface area (Å²) in [4.78, 5) is 26.4. The third-order valence-electron chi connectivity index (χ3n) is 4.90. The molecule has 176 valence electrons. The van der Waals surface area contributed by atoms with Gasteiger partial charge in [0.15, 0.2) is 0 Å². The van der Waals surface area contributed by atoms with Crippen LogP contribution in [0.1, 0.15) is 43.0 Å². The fourth-order valence-corrected chi connectivity index (χ4v) is 3.98. The molecule has 0 unspecified atom stereocenters. The predicted molar refractivity (Wildman–Crippen MR) is 108 cm³/mol. The highest BCUT2D eigenvalue weighted by Gasteiger charge is 2.49. The minimum absolute atomic E-state index is 0.0539. The van der Waals surface area contributed by atoms with Crippen molar-refractivity contribution < 1.29 is 39.7 Å². The van der Waals surface area contributed by atoms with Crippen molar-refractivity contribution in [2.45, 2.75) is 58.7 Å². The lowest BCUT2D eigenvalue weighted by molar-refractivity contribution is -0.0500. The number of alkyl halides is 3. The van der Waals surface area contributed by atoms with E-state index < -0.39 is 38.7 Å². The summed E-state index contributed by atoms with van der Waals surface area (Å²) in [7, 11) is -5.90. The van der Waals surface area contributed by atoms with Gasteiger partial charge in [-0.1, -0.05) is 0 Å². The van der Waals surface area contributed by atoms with Gasteiger partial charge in [-0.3, -0.25) is 0 Å². The van der Waals surface area contributed by atoms with E-state index in [0.717, 1.165) is 6.07 Å². The average Bonchev–Trinajstić information content (AvgIpc) is 2.63. The molecular weight excluding hydrogens is 455 g/mol. The lowest BCUT2D eigenvalue weighted by atomic mass is 9.93. The molecule has 1 aromatic carbocycles. The van der Waals surface area contributed by atoms with E-state index >= 15 is 0 Å². The van der Waals surface area contributed by atoms with Crippen molar-refractivity contribution in [3.8, 4) is 5.75 Å². The zero-order chi connectivity index (χ0) is 24.2. The van der Waals surface area contributed by atoms with Crippen LogP contribution >= 0.6 is 0 Å². The van der Waals surface area contributed by atoms with Gasteiger partial charge in [-0.25, -0.2) is 9.59 Å². The number of halogens is 3. The van der Waals surface area contributed by atoms with Gasteiger partial charge in [-0.2, -0.15) is 21.6 Å². The summed E-state index contributed by atoms with van der Waals surface area (Å²) in [6, 6.07) is 1.15. The largest absolute Gasteiger partial charge is 0.534 e. The highest BCUT2D eigenvalue weighted by Crippen LogP contribution is 2.37. The third kappa shape index (κ3) is 4.41. The molecule has 0 atom stereocenters. The van der Waals surface area contributed by atoms with E-state index in [1.807, 2.05) is 0 Å². The highest BCUT2D eigenvalue weighted by atomic mass is 32.2. The molecular formula is C20H22F3NO7S. The Bertz CT molecular complexity index is 1260. The van der Waals surface area contributed by atoms with Crippen molar-refractivity contribution in [2.75, 3.05) is 6.54 Å². The first-order chi connectivity index (χ1) is 14.5. The number of hydrogen-bond acceptors (Lipinski definition) is 7. The third-order valence-corrected chi connectivity index (χ3v) is 5.87. The Kier molecular flexibility index (Phi) is 5.73. The van der Waals surface area contributed by atoms with E-state index in [9.17, 15) is 31.2 Å². The van der Waals surface area contributed by atoms with Crippen molar-refractivity contribution in [3.63, 3.8) is 0 Å². The summed E-state index contributed by atoms with van der Waals surface area (Å²) in [5, 5.41) is 0.470. The monoisotopic (exact) mass is 477 g/mol. The molecule has 0 saturated heterocycles. The number of aryl methyl sites for hydroxylation is 2. The Morgan fingerprint density at radius 2 is 1.78 bits per heavy atom. The molecule has 0 fully saturated rings. The molecule has 1 aromatic heterocycles. The summed E-state index contributed by atoms with van der Waals surface area (Å²) >= 11 is 0. The number of nitrogens with zero attached hydrogens (tertiary/aromatic N) is 1. The van der Waals surface area contributed by atoms with Crippen molar-refractivity contribution in [1.82, 2.24) is 4.90 Å². The number of carbonyl (C=O) groups excluding carboxylic acids is 1. The average molecular weight is 477 g/mol. The number of benzene rings is 1. The lowest BCUT2D eigenvalue weighted by Gasteiger charge is -2.31. The number of hydrogen-bond donors (Lipinski definition) is 0. The smallest absolute Gasteiger partial charge is 0.444 e. The van der Waals surface area contributed by atoms with Crippen molar-refractivity contribution in [3.05, 3.63) is 38.7 Å². The first-order valence-electron chi connectivity index (χ1n) is 9.59. The Balaban J connectivity index is 2.08. The first-order valence-corrected chi connectivity index (χ1v) is 11.0. The molecule has 1 aliphatic rings. The van der Waals surface area contributed by atoms with Crippen LogP contribution in [0.3, 0.4) is 0 Å². The second-order valence-corrected chi connectivity index (χ2v) is 10.0. The SMILES string of the molecule is Cc1c(OS(=O)(=O)C(F)(F)F)cc(C)c2c3c(c(=O)oc12)CN(C(=O)OC(C)(C)C)CC3. The predicted octanol–water partition coefficient (Wildman–Crippen LogP) is 3.93. The molecule has 0 saturated carbocycles. The van der Waals surface area contributed by atoms with Gasteiger partial charge in [0.25, 0.3) is 0 Å². The van der Waals surface area contributed by atoms with Gasteiger partial charge in [-0.15, -0.1) is 0 Å². The van der Waals surface area contributed by atoms with Crippen LogP contribution in [0.4, 0.5) is 18.0 Å². The second kappa shape index (κ2) is 7.68. The van der Waals surface area contributed by atoms with Crippen molar-refractivity contribution in [1.29, 1.82) is 0 Å². The Morgan fingerprint density at radius 3 is 2.34 bits per heavy atom. The fourth-order valence-electron chi connectivity index (χ4n) is 3.47. The van der Waals surface area contributed by atoms with Gasteiger partial charge in [-0.05, 0) is 58.2 Å². The molecule has 0 bridgehead atoms. The molecule has 0 aliphatic carbocycles. The molecule has 0 radical (unpaired) electrons. The van der Waals surface area contributed by atoms with E-state index in [4.69, 9.17) is 9.15 Å². The Labute approximate surface area is 182 Å². The topological polar surface area (TPSA) is 103 Å². The molecule has 2 aromatic rings. The summed E-state index contributed by atoms with van der Waals surface area (Å²) < 4.78 is 76.0. The Morgan fingerprint density at radius 1 is 1.16 bits per heavy atom. The van der Waals surface area contributed by atoms with Gasteiger partial charge in [0, 0.05) is 17.5 Å². The Hall–Kier alpha value is -2.76. The molecule has 0 spiro atoms. The first kappa shape index (κ1) is 23.9. The minimum Gasteiger partial charge on any atom is -0.444 e.